The Morgan fingerprint density at radius 2 is 1.69 bits per heavy atom. The summed E-state index contributed by atoms with van der Waals surface area (Å²) in [6, 6.07) is 5.01. The highest BCUT2D eigenvalue weighted by Crippen LogP contribution is 2.24. The lowest BCUT2D eigenvalue weighted by molar-refractivity contribution is -0.145. The van der Waals surface area contributed by atoms with Gasteiger partial charge in [0.25, 0.3) is 5.91 Å². The van der Waals surface area contributed by atoms with Crippen molar-refractivity contribution in [3.8, 4) is 11.5 Å². The van der Waals surface area contributed by atoms with E-state index in [2.05, 4.69) is 0 Å². The highest BCUT2D eigenvalue weighted by molar-refractivity contribution is 5.95. The Balaban J connectivity index is 2.99. The second-order valence-corrected chi connectivity index (χ2v) is 5.83. The van der Waals surface area contributed by atoms with E-state index >= 15 is 0 Å². The Labute approximate surface area is 155 Å². The first-order valence-corrected chi connectivity index (χ1v) is 8.64. The van der Waals surface area contributed by atoms with Crippen LogP contribution in [0.2, 0.25) is 0 Å². The van der Waals surface area contributed by atoms with Crippen LogP contribution in [-0.4, -0.2) is 64.4 Å². The summed E-state index contributed by atoms with van der Waals surface area (Å²) in [6.07, 6.45) is 0.675. The van der Waals surface area contributed by atoms with Crippen molar-refractivity contribution in [2.75, 3.05) is 47.6 Å². The number of methoxy groups -OCH3 is 3. The molecule has 1 amide bonds. The zero-order chi connectivity index (χ0) is 19.5. The third kappa shape index (κ3) is 6.55. The lowest BCUT2D eigenvalue weighted by atomic mass is 10.1. The number of carbonyl (C=O) groups is 2. The van der Waals surface area contributed by atoms with Gasteiger partial charge in [0.15, 0.2) is 0 Å². The Hall–Kier alpha value is -2.28. The molecule has 0 radical (unpaired) electrons. The smallest absolute Gasteiger partial charge is 0.310 e. The number of hydrogen-bond acceptors (Lipinski definition) is 6. The molecule has 0 aliphatic rings. The van der Waals surface area contributed by atoms with Gasteiger partial charge in [-0.1, -0.05) is 6.92 Å². The summed E-state index contributed by atoms with van der Waals surface area (Å²) < 4.78 is 20.6. The van der Waals surface area contributed by atoms with Crippen molar-refractivity contribution in [3.05, 3.63) is 23.8 Å². The van der Waals surface area contributed by atoms with Crippen molar-refractivity contribution in [1.29, 1.82) is 0 Å². The van der Waals surface area contributed by atoms with Crippen LogP contribution in [0.1, 0.15) is 30.6 Å². The molecule has 1 aromatic rings. The van der Waals surface area contributed by atoms with Gasteiger partial charge in [-0.3, -0.25) is 9.59 Å². The molecule has 0 bridgehead atoms. The minimum Gasteiger partial charge on any atom is -0.497 e. The molecule has 0 aromatic heterocycles. The highest BCUT2D eigenvalue weighted by Gasteiger charge is 2.23. The number of carbonyl (C=O) groups excluding carboxylic acids is 2. The zero-order valence-electron chi connectivity index (χ0n) is 16.2. The van der Waals surface area contributed by atoms with Gasteiger partial charge >= 0.3 is 5.97 Å². The van der Waals surface area contributed by atoms with E-state index in [0.717, 1.165) is 0 Å². The van der Waals surface area contributed by atoms with Crippen LogP contribution in [0.5, 0.6) is 11.5 Å². The van der Waals surface area contributed by atoms with Crippen LogP contribution in [0.15, 0.2) is 18.2 Å². The second kappa shape index (κ2) is 11.4. The van der Waals surface area contributed by atoms with Gasteiger partial charge in [-0.2, -0.15) is 0 Å². The van der Waals surface area contributed by atoms with Crippen molar-refractivity contribution >= 4 is 11.9 Å². The predicted molar refractivity (Wildman–Crippen MR) is 97.7 cm³/mol. The molecule has 1 unspecified atom stereocenters. The van der Waals surface area contributed by atoms with Crippen LogP contribution in [0.4, 0.5) is 0 Å². The normalized spacial score (nSPS) is 11.6. The number of benzene rings is 1. The fraction of sp³-hybridized carbons (Fsp3) is 0.579. The largest absolute Gasteiger partial charge is 0.497 e. The first-order chi connectivity index (χ1) is 12.5. The van der Waals surface area contributed by atoms with Crippen molar-refractivity contribution in [3.63, 3.8) is 0 Å². The van der Waals surface area contributed by atoms with Crippen molar-refractivity contribution in [2.24, 2.45) is 5.92 Å². The van der Waals surface area contributed by atoms with Crippen LogP contribution < -0.4 is 9.47 Å². The maximum absolute atomic E-state index is 13.0. The number of rotatable bonds is 11. The zero-order valence-corrected chi connectivity index (χ0v) is 16.2. The van der Waals surface area contributed by atoms with E-state index in [9.17, 15) is 9.59 Å². The molecule has 0 saturated carbocycles. The molecule has 0 fully saturated rings. The standard InChI is InChI=1S/C19H29NO6/c1-6-26-9-7-8-20(13-14(2)19(22)25-5)18(21)15-10-16(23-3)12-17(11-15)24-4/h10-12,14H,6-9,13H2,1-5H3. The molecule has 1 atom stereocenters. The summed E-state index contributed by atoms with van der Waals surface area (Å²) in [5.74, 6) is 0.0831. The maximum atomic E-state index is 13.0. The van der Waals surface area contributed by atoms with Gasteiger partial charge in [0, 0.05) is 37.9 Å². The maximum Gasteiger partial charge on any atom is 0.310 e. The fourth-order valence-corrected chi connectivity index (χ4v) is 2.50. The average molecular weight is 367 g/mol. The fourth-order valence-electron chi connectivity index (χ4n) is 2.50. The molecule has 1 aromatic carbocycles. The van der Waals surface area contributed by atoms with E-state index in [0.29, 0.717) is 43.2 Å². The van der Waals surface area contributed by atoms with Gasteiger partial charge in [0.2, 0.25) is 0 Å². The molecule has 7 nitrogen and oxygen atoms in total. The molecule has 146 valence electrons. The van der Waals surface area contributed by atoms with E-state index in [1.165, 1.54) is 21.3 Å². The van der Waals surface area contributed by atoms with Crippen molar-refractivity contribution in [1.82, 2.24) is 4.90 Å². The van der Waals surface area contributed by atoms with Crippen LogP contribution >= 0.6 is 0 Å². The first-order valence-electron chi connectivity index (χ1n) is 8.64. The topological polar surface area (TPSA) is 74.3 Å². The number of amides is 1. The first kappa shape index (κ1) is 21.8. The molecule has 7 heteroatoms. The van der Waals surface area contributed by atoms with Gasteiger partial charge in [-0.05, 0) is 25.5 Å². The molecule has 0 spiro atoms. The highest BCUT2D eigenvalue weighted by atomic mass is 16.5. The van der Waals surface area contributed by atoms with Gasteiger partial charge in [-0.25, -0.2) is 0 Å². The SMILES string of the molecule is CCOCCCN(CC(C)C(=O)OC)C(=O)c1cc(OC)cc(OC)c1. The summed E-state index contributed by atoms with van der Waals surface area (Å²) in [7, 11) is 4.40. The van der Waals surface area contributed by atoms with Gasteiger partial charge in [0.05, 0.1) is 27.2 Å². The average Bonchev–Trinajstić information content (AvgIpc) is 2.68. The summed E-state index contributed by atoms with van der Waals surface area (Å²) in [5.41, 5.74) is 0.440. The molecular weight excluding hydrogens is 338 g/mol. The number of hydrogen-bond donors (Lipinski definition) is 0. The minimum atomic E-state index is -0.427. The third-order valence-corrected chi connectivity index (χ3v) is 3.90. The predicted octanol–water partition coefficient (Wildman–Crippen LogP) is 2.38. The molecule has 0 heterocycles. The van der Waals surface area contributed by atoms with E-state index in [4.69, 9.17) is 18.9 Å². The minimum absolute atomic E-state index is 0.200. The Morgan fingerprint density at radius 3 is 2.19 bits per heavy atom. The van der Waals surface area contributed by atoms with E-state index in [1.54, 1.807) is 30.0 Å². The van der Waals surface area contributed by atoms with Crippen LogP contribution in [-0.2, 0) is 14.3 Å². The lowest BCUT2D eigenvalue weighted by Crippen LogP contribution is -2.38. The number of esters is 1. The summed E-state index contributed by atoms with van der Waals surface area (Å²) in [5, 5.41) is 0. The van der Waals surface area contributed by atoms with E-state index in [1.807, 2.05) is 6.92 Å². The van der Waals surface area contributed by atoms with Crippen molar-refractivity contribution in [2.45, 2.75) is 20.3 Å². The molecule has 0 aliphatic heterocycles. The van der Waals surface area contributed by atoms with Crippen LogP contribution in [0.25, 0.3) is 0 Å². The monoisotopic (exact) mass is 367 g/mol. The lowest BCUT2D eigenvalue weighted by Gasteiger charge is -2.25. The van der Waals surface area contributed by atoms with Gasteiger partial charge < -0.3 is 23.8 Å². The molecule has 26 heavy (non-hydrogen) atoms. The molecule has 0 N–H and O–H groups in total. The van der Waals surface area contributed by atoms with Crippen LogP contribution in [0.3, 0.4) is 0 Å². The van der Waals surface area contributed by atoms with E-state index < -0.39 is 5.92 Å². The molecule has 1 rings (SSSR count). The number of ether oxygens (including phenoxy) is 4. The van der Waals surface area contributed by atoms with Gasteiger partial charge in [-0.15, -0.1) is 0 Å². The number of nitrogens with zero attached hydrogens (tertiary/aromatic N) is 1. The Morgan fingerprint density at radius 1 is 1.08 bits per heavy atom. The quantitative estimate of drug-likeness (QED) is 0.442. The van der Waals surface area contributed by atoms with Gasteiger partial charge in [0.1, 0.15) is 11.5 Å². The summed E-state index contributed by atoms with van der Waals surface area (Å²) in [4.78, 5) is 26.4. The summed E-state index contributed by atoms with van der Waals surface area (Å²) >= 11 is 0. The summed E-state index contributed by atoms with van der Waals surface area (Å²) in [6.45, 7) is 5.57. The Bertz CT molecular complexity index is 567. The molecule has 0 saturated heterocycles. The second-order valence-electron chi connectivity index (χ2n) is 5.83. The Kier molecular flexibility index (Phi) is 9.51. The van der Waals surface area contributed by atoms with Crippen molar-refractivity contribution < 1.29 is 28.5 Å². The molecule has 0 aliphatic carbocycles. The third-order valence-electron chi connectivity index (χ3n) is 3.90. The van der Waals surface area contributed by atoms with Crippen LogP contribution in [0, 0.1) is 5.92 Å². The van der Waals surface area contributed by atoms with E-state index in [-0.39, 0.29) is 18.4 Å². The molecular formula is C19H29NO6.